The molecule has 0 bridgehead atoms. The Morgan fingerprint density at radius 1 is 1.42 bits per heavy atom. The van der Waals surface area contributed by atoms with E-state index in [-0.39, 0.29) is 0 Å². The first-order chi connectivity index (χ1) is 16.2. The van der Waals surface area contributed by atoms with Gasteiger partial charge in [-0.05, 0) is 30.3 Å². The molecule has 1 aliphatic heterocycles. The molecular formula is C19H27N3O4. The summed E-state index contributed by atoms with van der Waals surface area (Å²) in [7, 11) is 0.960. The van der Waals surface area contributed by atoms with Crippen molar-refractivity contribution in [2.24, 2.45) is 5.92 Å². The Bertz CT molecular complexity index is 1090. The van der Waals surface area contributed by atoms with Crippen LogP contribution in [0.4, 0.5) is 0 Å². The van der Waals surface area contributed by atoms with Crippen LogP contribution in [0, 0.1) is 5.92 Å². The SMILES string of the molecule is [2H]c1c([2H])c([2H])c2c(c1[2H])CC([2H])([2H])N(C)C(=O)[C@@]2([2H])NC(=O)[C@@H](NC(=O)[C@@H](O)C(C)C)C([2H])([2H])[2H]. The second-order valence-electron chi connectivity index (χ2n) is 6.05. The molecular weight excluding hydrogens is 334 g/mol. The number of rotatable bonds is 5. The minimum atomic E-state index is -3.22. The van der Waals surface area contributed by atoms with Crippen molar-refractivity contribution < 1.29 is 33.2 Å². The van der Waals surface area contributed by atoms with E-state index in [2.05, 4.69) is 0 Å². The molecule has 7 nitrogen and oxygen atoms in total. The van der Waals surface area contributed by atoms with Crippen molar-refractivity contribution >= 4 is 17.7 Å². The van der Waals surface area contributed by atoms with Gasteiger partial charge in [-0.2, -0.15) is 0 Å². The molecule has 26 heavy (non-hydrogen) atoms. The average Bonchev–Trinajstić information content (AvgIpc) is 2.81. The largest absolute Gasteiger partial charge is 0.383 e. The second kappa shape index (κ2) is 8.31. The summed E-state index contributed by atoms with van der Waals surface area (Å²) in [6.07, 6.45) is -2.43. The topological polar surface area (TPSA) is 98.7 Å². The lowest BCUT2D eigenvalue weighted by Gasteiger charge is -2.24. The standard InChI is InChI=1S/C19H27N3O4/c1-11(2)16(23)18(25)20-12(3)17(24)21-15-14-8-6-5-7-13(14)9-10-22(4)19(15)26/h5-8,11-12,15-16,23H,9-10H2,1-4H3,(H,20,25)(H,21,24)/t12-,15-,16-/m0/s1/i3D3,5D,6D,7D,8D,10D2,15D. The molecule has 1 aromatic rings. The Balaban J connectivity index is 2.71. The highest BCUT2D eigenvalue weighted by atomic mass is 16.3. The minimum Gasteiger partial charge on any atom is -0.383 e. The number of nitrogens with one attached hydrogen (secondary N) is 2. The zero-order valence-corrected chi connectivity index (χ0v) is 14.6. The first-order valence-electron chi connectivity index (χ1n) is 12.9. The fraction of sp³-hybridized carbons (Fsp3) is 0.526. The van der Waals surface area contributed by atoms with Gasteiger partial charge < -0.3 is 20.6 Å². The molecule has 1 heterocycles. The van der Waals surface area contributed by atoms with E-state index in [4.69, 9.17) is 13.7 Å². The number of fused-ring (bicyclic) bond motifs is 1. The van der Waals surface area contributed by atoms with E-state index >= 15 is 0 Å². The molecule has 0 saturated carbocycles. The van der Waals surface area contributed by atoms with Crippen LogP contribution >= 0.6 is 0 Å². The Hall–Kier alpha value is -2.41. The normalized spacial score (nSPS) is 30.2. The van der Waals surface area contributed by atoms with Crippen molar-refractivity contribution in [3.63, 3.8) is 0 Å². The monoisotopic (exact) mass is 371 g/mol. The molecule has 0 fully saturated rings. The molecule has 0 unspecified atom stereocenters. The summed E-state index contributed by atoms with van der Waals surface area (Å²) in [5.74, 6) is -4.88. The number of hydrogen-bond donors (Lipinski definition) is 3. The number of carbonyl (C=O) groups is 3. The highest BCUT2D eigenvalue weighted by Gasteiger charge is 2.32. The van der Waals surface area contributed by atoms with E-state index in [9.17, 15) is 19.5 Å². The van der Waals surface area contributed by atoms with Gasteiger partial charge in [0.1, 0.15) is 18.2 Å². The first-order valence-corrected chi connectivity index (χ1v) is 7.86. The van der Waals surface area contributed by atoms with Crippen LogP contribution in [-0.2, 0) is 20.8 Å². The predicted molar refractivity (Wildman–Crippen MR) is 97.1 cm³/mol. The van der Waals surface area contributed by atoms with Gasteiger partial charge >= 0.3 is 0 Å². The molecule has 3 atom stereocenters. The second-order valence-corrected chi connectivity index (χ2v) is 6.05. The number of hydrogen-bond acceptors (Lipinski definition) is 4. The molecule has 0 spiro atoms. The zero-order chi connectivity index (χ0) is 28.1. The number of likely N-dealkylation sites (N-methyl/N-ethyl adjacent to an activating group) is 1. The van der Waals surface area contributed by atoms with E-state index in [0.29, 0.717) is 4.90 Å². The van der Waals surface area contributed by atoms with Gasteiger partial charge in [-0.1, -0.05) is 38.0 Å². The van der Waals surface area contributed by atoms with Crippen molar-refractivity contribution in [2.45, 2.75) is 45.3 Å². The Kier molecular flexibility index (Phi) is 3.22. The maximum absolute atomic E-state index is 13.3. The van der Waals surface area contributed by atoms with Crippen LogP contribution in [0.1, 0.15) is 51.6 Å². The van der Waals surface area contributed by atoms with Crippen LogP contribution in [0.15, 0.2) is 24.2 Å². The number of carbonyl (C=O) groups excluding carboxylic acids is 3. The lowest BCUT2D eigenvalue weighted by atomic mass is 9.99. The first kappa shape index (κ1) is 10.1. The Labute approximate surface area is 167 Å². The van der Waals surface area contributed by atoms with Gasteiger partial charge in [0.25, 0.3) is 0 Å². The van der Waals surface area contributed by atoms with Crippen molar-refractivity contribution in [2.75, 3.05) is 13.5 Å². The molecule has 142 valence electrons. The van der Waals surface area contributed by atoms with Crippen LogP contribution < -0.4 is 10.6 Å². The maximum Gasteiger partial charge on any atom is 0.249 e. The van der Waals surface area contributed by atoms with Gasteiger partial charge in [0.15, 0.2) is 0 Å². The van der Waals surface area contributed by atoms with Crippen molar-refractivity contribution in [3.05, 3.63) is 35.3 Å². The summed E-state index contributed by atoms with van der Waals surface area (Å²) in [5, 5.41) is 13.7. The average molecular weight is 372 g/mol. The van der Waals surface area contributed by atoms with Crippen molar-refractivity contribution in [1.29, 1.82) is 0 Å². The highest BCUT2D eigenvalue weighted by Crippen LogP contribution is 2.24. The Morgan fingerprint density at radius 2 is 2.12 bits per heavy atom. The predicted octanol–water partition coefficient (Wildman–Crippen LogP) is 0.380. The van der Waals surface area contributed by atoms with Crippen LogP contribution in [0.2, 0.25) is 0 Å². The molecule has 3 amide bonds. The van der Waals surface area contributed by atoms with Gasteiger partial charge in [0.2, 0.25) is 17.7 Å². The number of nitrogens with zero attached hydrogens (tertiary/aromatic N) is 1. The number of amides is 3. The van der Waals surface area contributed by atoms with Gasteiger partial charge in [-0.3, -0.25) is 14.4 Å². The van der Waals surface area contributed by atoms with Crippen LogP contribution in [0.25, 0.3) is 0 Å². The smallest absolute Gasteiger partial charge is 0.249 e. The van der Waals surface area contributed by atoms with E-state index in [1.807, 2.05) is 10.6 Å². The molecule has 7 heteroatoms. The van der Waals surface area contributed by atoms with Gasteiger partial charge in [-0.25, -0.2) is 0 Å². The number of aliphatic hydroxyl groups is 1. The third kappa shape index (κ3) is 4.40. The Morgan fingerprint density at radius 3 is 2.77 bits per heavy atom. The highest BCUT2D eigenvalue weighted by molar-refractivity contribution is 5.93. The third-order valence-corrected chi connectivity index (χ3v) is 3.72. The van der Waals surface area contributed by atoms with Crippen molar-refractivity contribution in [3.8, 4) is 0 Å². The lowest BCUT2D eigenvalue weighted by Crippen LogP contribution is -2.51. The van der Waals surface area contributed by atoms with Crippen molar-refractivity contribution in [1.82, 2.24) is 15.5 Å². The zero-order valence-electron chi connectivity index (χ0n) is 24.6. The van der Waals surface area contributed by atoms with E-state index < -0.39 is 96.9 Å². The molecule has 1 aliphatic rings. The van der Waals surface area contributed by atoms with E-state index in [0.717, 1.165) is 7.05 Å². The summed E-state index contributed by atoms with van der Waals surface area (Å²) in [5.41, 5.74) is -1.21. The summed E-state index contributed by atoms with van der Waals surface area (Å²) in [6.45, 7) is -2.84. The summed E-state index contributed by atoms with van der Waals surface area (Å²) < 4.78 is 80.5. The molecule has 2 rings (SSSR count). The molecule has 0 aliphatic carbocycles. The molecule has 0 aromatic heterocycles. The van der Waals surface area contributed by atoms with E-state index in [1.165, 1.54) is 13.8 Å². The summed E-state index contributed by atoms with van der Waals surface area (Å²) >= 11 is 0. The lowest BCUT2D eigenvalue weighted by molar-refractivity contribution is -0.137. The fourth-order valence-corrected chi connectivity index (χ4v) is 2.14. The minimum absolute atomic E-state index is 0.442. The summed E-state index contributed by atoms with van der Waals surface area (Å²) in [6, 6.07) is -8.70. The van der Waals surface area contributed by atoms with Crippen LogP contribution in [0.3, 0.4) is 0 Å². The molecule has 0 radical (unpaired) electrons. The molecule has 0 saturated heterocycles. The maximum atomic E-state index is 13.3. The fourth-order valence-electron chi connectivity index (χ4n) is 2.14. The van der Waals surface area contributed by atoms with Gasteiger partial charge in [0.05, 0.1) is 6.85 Å². The number of benzene rings is 1. The van der Waals surface area contributed by atoms with Crippen LogP contribution in [0.5, 0.6) is 0 Å². The van der Waals surface area contributed by atoms with Gasteiger partial charge in [-0.15, -0.1) is 0 Å². The molecule has 3 N–H and O–H groups in total. The van der Waals surface area contributed by atoms with Gasteiger partial charge in [0, 0.05) is 20.4 Å². The van der Waals surface area contributed by atoms with E-state index in [1.54, 1.807) is 0 Å². The quantitative estimate of drug-likeness (QED) is 0.697. The summed E-state index contributed by atoms with van der Waals surface area (Å²) in [4.78, 5) is 39.2. The number of aliphatic hydroxyl groups excluding tert-OH is 1. The third-order valence-electron chi connectivity index (χ3n) is 3.72. The van der Waals surface area contributed by atoms with Crippen LogP contribution in [-0.4, -0.2) is 53.4 Å². The molecule has 1 aromatic carbocycles.